The van der Waals surface area contributed by atoms with Gasteiger partial charge in [-0.05, 0) is 0 Å². The number of fused-ring (bicyclic) bond motifs is 2. The van der Waals surface area contributed by atoms with Gasteiger partial charge in [-0.2, -0.15) is 0 Å². The minimum atomic E-state index is 0.334. The van der Waals surface area contributed by atoms with Crippen LogP contribution in [0.2, 0.25) is 0 Å². The normalized spacial score (nSPS) is 14.0. The fourth-order valence-electron chi connectivity index (χ4n) is 2.70. The molecule has 1 aromatic carbocycles. The SMILES string of the molecule is CC(C)c1nc2cc3c(cc2n1CCOCCN)OCCO3. The number of ether oxygens (including phenoxy) is 3. The van der Waals surface area contributed by atoms with Crippen LogP contribution in [0.3, 0.4) is 0 Å². The van der Waals surface area contributed by atoms with Crippen molar-refractivity contribution in [3.8, 4) is 11.5 Å². The van der Waals surface area contributed by atoms with E-state index in [0.29, 0.717) is 38.9 Å². The van der Waals surface area contributed by atoms with E-state index in [9.17, 15) is 0 Å². The number of rotatable bonds is 6. The molecule has 0 amide bonds. The van der Waals surface area contributed by atoms with Crippen molar-refractivity contribution >= 4 is 11.0 Å². The van der Waals surface area contributed by atoms with Gasteiger partial charge in [0, 0.05) is 31.1 Å². The Morgan fingerprint density at radius 1 is 1.23 bits per heavy atom. The molecule has 0 fully saturated rings. The monoisotopic (exact) mass is 305 g/mol. The molecule has 120 valence electrons. The lowest BCUT2D eigenvalue weighted by atomic mass is 10.2. The van der Waals surface area contributed by atoms with Crippen molar-refractivity contribution in [3.05, 3.63) is 18.0 Å². The quantitative estimate of drug-likeness (QED) is 0.825. The number of benzene rings is 1. The van der Waals surface area contributed by atoms with Gasteiger partial charge in [0.05, 0.1) is 24.2 Å². The maximum Gasteiger partial charge on any atom is 0.163 e. The molecule has 1 aromatic heterocycles. The van der Waals surface area contributed by atoms with Gasteiger partial charge < -0.3 is 24.5 Å². The predicted molar refractivity (Wildman–Crippen MR) is 84.7 cm³/mol. The predicted octanol–water partition coefficient (Wildman–Crippen LogP) is 1.91. The van der Waals surface area contributed by atoms with Crippen molar-refractivity contribution in [3.63, 3.8) is 0 Å². The van der Waals surface area contributed by atoms with E-state index in [1.165, 1.54) is 0 Å². The minimum Gasteiger partial charge on any atom is -0.486 e. The summed E-state index contributed by atoms with van der Waals surface area (Å²) in [6, 6.07) is 3.98. The van der Waals surface area contributed by atoms with Crippen molar-refractivity contribution in [1.29, 1.82) is 0 Å². The van der Waals surface area contributed by atoms with Crippen LogP contribution in [0.4, 0.5) is 0 Å². The zero-order valence-corrected chi connectivity index (χ0v) is 13.2. The number of hydrogen-bond acceptors (Lipinski definition) is 5. The molecule has 22 heavy (non-hydrogen) atoms. The van der Waals surface area contributed by atoms with Gasteiger partial charge in [-0.25, -0.2) is 4.98 Å². The summed E-state index contributed by atoms with van der Waals surface area (Å²) in [5, 5.41) is 0. The summed E-state index contributed by atoms with van der Waals surface area (Å²) >= 11 is 0. The number of nitrogens with two attached hydrogens (primary N) is 1. The second-order valence-electron chi connectivity index (χ2n) is 5.66. The van der Waals surface area contributed by atoms with E-state index in [2.05, 4.69) is 18.4 Å². The van der Waals surface area contributed by atoms with Gasteiger partial charge in [0.2, 0.25) is 0 Å². The first-order chi connectivity index (χ1) is 10.7. The highest BCUT2D eigenvalue weighted by Crippen LogP contribution is 2.35. The van der Waals surface area contributed by atoms with Crippen LogP contribution >= 0.6 is 0 Å². The van der Waals surface area contributed by atoms with Crippen molar-refractivity contribution in [2.24, 2.45) is 5.73 Å². The maximum absolute atomic E-state index is 5.69. The highest BCUT2D eigenvalue weighted by Gasteiger charge is 2.19. The van der Waals surface area contributed by atoms with Crippen LogP contribution in [-0.4, -0.2) is 42.5 Å². The molecule has 2 heterocycles. The van der Waals surface area contributed by atoms with Gasteiger partial charge in [-0.15, -0.1) is 0 Å². The molecule has 0 spiro atoms. The summed E-state index contributed by atoms with van der Waals surface area (Å²) in [4.78, 5) is 4.77. The van der Waals surface area contributed by atoms with Crippen LogP contribution in [0.5, 0.6) is 11.5 Å². The molecule has 0 radical (unpaired) electrons. The van der Waals surface area contributed by atoms with Gasteiger partial charge >= 0.3 is 0 Å². The second kappa shape index (κ2) is 6.54. The molecule has 0 saturated carbocycles. The Balaban J connectivity index is 1.97. The van der Waals surface area contributed by atoms with Crippen LogP contribution in [0, 0.1) is 0 Å². The molecule has 0 unspecified atom stereocenters. The summed E-state index contributed by atoms with van der Waals surface area (Å²) in [7, 11) is 0. The average Bonchev–Trinajstić information content (AvgIpc) is 2.87. The number of aromatic nitrogens is 2. The number of imidazole rings is 1. The van der Waals surface area contributed by atoms with Gasteiger partial charge in [0.1, 0.15) is 19.0 Å². The molecule has 1 aliphatic rings. The van der Waals surface area contributed by atoms with Crippen LogP contribution in [0.15, 0.2) is 12.1 Å². The smallest absolute Gasteiger partial charge is 0.163 e. The average molecular weight is 305 g/mol. The van der Waals surface area contributed by atoms with Crippen LogP contribution < -0.4 is 15.2 Å². The zero-order valence-electron chi connectivity index (χ0n) is 13.2. The Labute approximate surface area is 130 Å². The lowest BCUT2D eigenvalue weighted by molar-refractivity contribution is 0.133. The lowest BCUT2D eigenvalue weighted by Gasteiger charge is -2.18. The van der Waals surface area contributed by atoms with Crippen LogP contribution in [0.1, 0.15) is 25.6 Å². The number of nitrogens with zero attached hydrogens (tertiary/aromatic N) is 2. The molecule has 0 aliphatic carbocycles. The number of hydrogen-bond donors (Lipinski definition) is 1. The van der Waals surface area contributed by atoms with Crippen LogP contribution in [-0.2, 0) is 11.3 Å². The van der Waals surface area contributed by atoms with E-state index in [1.54, 1.807) is 0 Å². The van der Waals surface area contributed by atoms with Crippen molar-refractivity contribution < 1.29 is 14.2 Å². The minimum absolute atomic E-state index is 0.334. The molecule has 0 atom stereocenters. The van der Waals surface area contributed by atoms with Gasteiger partial charge in [0.25, 0.3) is 0 Å². The van der Waals surface area contributed by atoms with Gasteiger partial charge in [-0.3, -0.25) is 0 Å². The molecule has 6 nitrogen and oxygen atoms in total. The van der Waals surface area contributed by atoms with E-state index in [-0.39, 0.29) is 0 Å². The van der Waals surface area contributed by atoms with Gasteiger partial charge in [-0.1, -0.05) is 13.8 Å². The van der Waals surface area contributed by atoms with E-state index in [0.717, 1.165) is 34.9 Å². The fraction of sp³-hybridized carbons (Fsp3) is 0.562. The van der Waals surface area contributed by atoms with Crippen molar-refractivity contribution in [2.75, 3.05) is 33.0 Å². The summed E-state index contributed by atoms with van der Waals surface area (Å²) in [6.07, 6.45) is 0. The molecular formula is C16H23N3O3. The third-order valence-electron chi connectivity index (χ3n) is 3.68. The molecule has 6 heteroatoms. The van der Waals surface area contributed by atoms with E-state index >= 15 is 0 Å². The Morgan fingerprint density at radius 3 is 2.64 bits per heavy atom. The molecule has 1 aliphatic heterocycles. The third kappa shape index (κ3) is 2.89. The summed E-state index contributed by atoms with van der Waals surface area (Å²) in [6.45, 7) is 7.96. The Kier molecular flexibility index (Phi) is 4.49. The highest BCUT2D eigenvalue weighted by molar-refractivity contribution is 5.81. The first-order valence-corrected chi connectivity index (χ1v) is 7.78. The summed E-state index contributed by atoms with van der Waals surface area (Å²) in [5.74, 6) is 2.95. The fourth-order valence-corrected chi connectivity index (χ4v) is 2.70. The molecule has 0 bridgehead atoms. The summed E-state index contributed by atoms with van der Waals surface area (Å²) in [5.41, 5.74) is 7.45. The van der Waals surface area contributed by atoms with Crippen molar-refractivity contribution in [1.82, 2.24) is 9.55 Å². The van der Waals surface area contributed by atoms with Gasteiger partial charge in [0.15, 0.2) is 11.5 Å². The Morgan fingerprint density at radius 2 is 1.95 bits per heavy atom. The Bertz CT molecular complexity index is 652. The molecule has 2 aromatic rings. The maximum atomic E-state index is 5.69. The van der Waals surface area contributed by atoms with Crippen molar-refractivity contribution in [2.45, 2.75) is 26.3 Å². The highest BCUT2D eigenvalue weighted by atomic mass is 16.6. The standard InChI is InChI=1S/C16H23N3O3/c1-11(2)16-18-12-9-14-15(22-8-7-21-14)10-13(12)19(16)4-6-20-5-3-17/h9-11H,3-8,17H2,1-2H3. The lowest BCUT2D eigenvalue weighted by Crippen LogP contribution is -2.16. The summed E-state index contributed by atoms with van der Waals surface area (Å²) < 4.78 is 19.1. The largest absolute Gasteiger partial charge is 0.486 e. The Hall–Kier alpha value is -1.79. The topological polar surface area (TPSA) is 71.5 Å². The van der Waals surface area contributed by atoms with E-state index < -0.39 is 0 Å². The first-order valence-electron chi connectivity index (χ1n) is 7.78. The molecule has 0 saturated heterocycles. The third-order valence-corrected chi connectivity index (χ3v) is 3.68. The van der Waals surface area contributed by atoms with Crippen LogP contribution in [0.25, 0.3) is 11.0 Å². The molecule has 2 N–H and O–H groups in total. The molecule has 3 rings (SSSR count). The van der Waals surface area contributed by atoms with E-state index in [4.69, 9.17) is 24.9 Å². The van der Waals surface area contributed by atoms with E-state index in [1.807, 2.05) is 12.1 Å². The first kappa shape index (κ1) is 15.1. The molecular weight excluding hydrogens is 282 g/mol. The second-order valence-corrected chi connectivity index (χ2v) is 5.66. The zero-order chi connectivity index (χ0) is 15.5.